The molecule has 0 saturated heterocycles. The van der Waals surface area contributed by atoms with Crippen LogP contribution in [0.15, 0.2) is 48.0 Å². The van der Waals surface area contributed by atoms with Crippen LogP contribution in [0.2, 0.25) is 10.0 Å². The Morgan fingerprint density at radius 1 is 0.913 bits per heavy atom. The van der Waals surface area contributed by atoms with E-state index in [0.29, 0.717) is 10.0 Å². The number of rotatable bonds is 1. The monoisotopic (exact) mass is 344 g/mol. The highest BCUT2D eigenvalue weighted by molar-refractivity contribution is 6.31. The van der Waals surface area contributed by atoms with Crippen molar-refractivity contribution in [3.05, 3.63) is 69.2 Å². The molecule has 116 valence electrons. The van der Waals surface area contributed by atoms with E-state index in [1.165, 1.54) is 0 Å². The second-order valence-corrected chi connectivity index (χ2v) is 6.47. The van der Waals surface area contributed by atoms with Gasteiger partial charge in [0.25, 0.3) is 5.79 Å². The van der Waals surface area contributed by atoms with Crippen LogP contribution in [0, 0.1) is 0 Å². The van der Waals surface area contributed by atoms with E-state index in [4.69, 9.17) is 32.7 Å². The number of ether oxygens (including phenoxy) is 2. The number of hydrogen-bond acceptors (Lipinski definition) is 2. The molecular weight excluding hydrogens is 331 g/mol. The standard InChI is InChI=1S/C19H14Cl2O2/c1-2-14-9-13-11-16(21)4-6-18(13)23-19(14)8-7-12-10-15(20)3-5-17(12)22-19/h3-11H,2H2,1H3. The van der Waals surface area contributed by atoms with Crippen LogP contribution < -0.4 is 9.47 Å². The predicted molar refractivity (Wildman–Crippen MR) is 94.2 cm³/mol. The molecule has 0 saturated carbocycles. The van der Waals surface area contributed by atoms with Crippen molar-refractivity contribution in [2.75, 3.05) is 0 Å². The minimum atomic E-state index is -0.906. The molecular formula is C19H14Cl2O2. The predicted octanol–water partition coefficient (Wildman–Crippen LogP) is 5.98. The molecule has 1 spiro atoms. The van der Waals surface area contributed by atoms with Crippen molar-refractivity contribution in [3.8, 4) is 11.5 Å². The fourth-order valence-corrected chi connectivity index (χ4v) is 3.32. The van der Waals surface area contributed by atoms with E-state index in [0.717, 1.165) is 34.6 Å². The van der Waals surface area contributed by atoms with Gasteiger partial charge in [-0.25, -0.2) is 0 Å². The Morgan fingerprint density at radius 2 is 1.52 bits per heavy atom. The van der Waals surface area contributed by atoms with Crippen molar-refractivity contribution in [1.82, 2.24) is 0 Å². The minimum absolute atomic E-state index is 0.684. The van der Waals surface area contributed by atoms with E-state index < -0.39 is 5.79 Å². The normalized spacial score (nSPS) is 21.1. The zero-order valence-corrected chi connectivity index (χ0v) is 14.0. The molecule has 0 aromatic heterocycles. The third-order valence-electron chi connectivity index (χ3n) is 4.11. The molecule has 0 N–H and O–H groups in total. The van der Waals surface area contributed by atoms with Crippen LogP contribution in [-0.4, -0.2) is 5.79 Å². The maximum absolute atomic E-state index is 6.24. The van der Waals surface area contributed by atoms with Crippen LogP contribution in [0.25, 0.3) is 12.2 Å². The summed E-state index contributed by atoms with van der Waals surface area (Å²) >= 11 is 12.1. The SMILES string of the molecule is CCC1=Cc2cc(Cl)ccc2OC12C=Cc1cc(Cl)ccc1O2. The lowest BCUT2D eigenvalue weighted by Gasteiger charge is -2.39. The summed E-state index contributed by atoms with van der Waals surface area (Å²) in [6.07, 6.45) is 6.84. The fourth-order valence-electron chi connectivity index (χ4n) is 2.96. The highest BCUT2D eigenvalue weighted by Crippen LogP contribution is 2.43. The largest absolute Gasteiger partial charge is 0.444 e. The molecule has 2 aliphatic heterocycles. The molecule has 23 heavy (non-hydrogen) atoms. The molecule has 1 atom stereocenters. The Morgan fingerprint density at radius 3 is 2.17 bits per heavy atom. The molecule has 2 heterocycles. The van der Waals surface area contributed by atoms with Crippen LogP contribution in [0.5, 0.6) is 11.5 Å². The van der Waals surface area contributed by atoms with Crippen LogP contribution in [0.1, 0.15) is 24.5 Å². The lowest BCUT2D eigenvalue weighted by Crippen LogP contribution is -2.45. The van der Waals surface area contributed by atoms with Crippen molar-refractivity contribution in [3.63, 3.8) is 0 Å². The quantitative estimate of drug-likeness (QED) is 0.633. The molecule has 0 radical (unpaired) electrons. The summed E-state index contributed by atoms with van der Waals surface area (Å²) < 4.78 is 12.5. The van der Waals surface area contributed by atoms with Crippen molar-refractivity contribution in [1.29, 1.82) is 0 Å². The molecule has 0 amide bonds. The van der Waals surface area contributed by atoms with Gasteiger partial charge in [0.15, 0.2) is 0 Å². The Kier molecular flexibility index (Phi) is 3.40. The van der Waals surface area contributed by atoms with Gasteiger partial charge in [0.2, 0.25) is 0 Å². The smallest absolute Gasteiger partial charge is 0.294 e. The lowest BCUT2D eigenvalue weighted by atomic mass is 9.93. The molecule has 0 aliphatic carbocycles. The van der Waals surface area contributed by atoms with Gasteiger partial charge >= 0.3 is 0 Å². The second kappa shape index (κ2) is 5.33. The summed E-state index contributed by atoms with van der Waals surface area (Å²) in [7, 11) is 0. The average molecular weight is 345 g/mol. The molecule has 4 heteroatoms. The van der Waals surface area contributed by atoms with Gasteiger partial charge in [0, 0.05) is 32.8 Å². The first-order valence-corrected chi connectivity index (χ1v) is 8.23. The van der Waals surface area contributed by atoms with Crippen molar-refractivity contribution < 1.29 is 9.47 Å². The van der Waals surface area contributed by atoms with Gasteiger partial charge in [-0.15, -0.1) is 0 Å². The highest BCUT2D eigenvalue weighted by Gasteiger charge is 2.41. The summed E-state index contributed by atoms with van der Waals surface area (Å²) in [5.74, 6) is 0.610. The molecule has 0 bridgehead atoms. The number of fused-ring (bicyclic) bond motifs is 2. The van der Waals surface area contributed by atoms with E-state index in [2.05, 4.69) is 13.0 Å². The van der Waals surface area contributed by atoms with Gasteiger partial charge in [-0.05, 0) is 55.0 Å². The topological polar surface area (TPSA) is 18.5 Å². The van der Waals surface area contributed by atoms with Crippen molar-refractivity contribution >= 4 is 35.4 Å². The summed E-state index contributed by atoms with van der Waals surface area (Å²) in [4.78, 5) is 0. The zero-order chi connectivity index (χ0) is 16.0. The van der Waals surface area contributed by atoms with Gasteiger partial charge in [0.1, 0.15) is 11.5 Å². The summed E-state index contributed by atoms with van der Waals surface area (Å²) in [6.45, 7) is 2.08. The molecule has 1 unspecified atom stereocenters. The fraction of sp³-hybridized carbons (Fsp3) is 0.158. The van der Waals surface area contributed by atoms with Crippen LogP contribution in [-0.2, 0) is 0 Å². The maximum Gasteiger partial charge on any atom is 0.294 e. The molecule has 4 rings (SSSR count). The molecule has 2 nitrogen and oxygen atoms in total. The minimum Gasteiger partial charge on any atom is -0.444 e. The Bertz CT molecular complexity index is 850. The number of benzene rings is 2. The van der Waals surface area contributed by atoms with Gasteiger partial charge < -0.3 is 9.47 Å². The van der Waals surface area contributed by atoms with Crippen LogP contribution >= 0.6 is 23.2 Å². The van der Waals surface area contributed by atoms with Gasteiger partial charge in [-0.3, -0.25) is 0 Å². The Balaban J connectivity index is 1.81. The molecule has 0 fully saturated rings. The third-order valence-corrected chi connectivity index (χ3v) is 4.58. The molecule has 2 aromatic rings. The van der Waals surface area contributed by atoms with E-state index in [1.54, 1.807) is 0 Å². The number of hydrogen-bond donors (Lipinski definition) is 0. The van der Waals surface area contributed by atoms with Crippen LogP contribution in [0.3, 0.4) is 0 Å². The first-order chi connectivity index (χ1) is 11.1. The van der Waals surface area contributed by atoms with E-state index in [9.17, 15) is 0 Å². The first kappa shape index (κ1) is 14.7. The average Bonchev–Trinajstić information content (AvgIpc) is 2.55. The van der Waals surface area contributed by atoms with E-state index >= 15 is 0 Å². The lowest BCUT2D eigenvalue weighted by molar-refractivity contribution is -0.0432. The summed E-state index contributed by atoms with van der Waals surface area (Å²) in [6, 6.07) is 11.2. The summed E-state index contributed by atoms with van der Waals surface area (Å²) in [5.41, 5.74) is 2.96. The maximum atomic E-state index is 6.24. The zero-order valence-electron chi connectivity index (χ0n) is 12.5. The van der Waals surface area contributed by atoms with E-state index in [1.807, 2.05) is 48.6 Å². The number of halogens is 2. The Hall–Kier alpha value is -1.90. The summed E-state index contributed by atoms with van der Waals surface area (Å²) in [5, 5.41) is 1.37. The first-order valence-electron chi connectivity index (χ1n) is 7.47. The van der Waals surface area contributed by atoms with Crippen molar-refractivity contribution in [2.45, 2.75) is 19.1 Å². The van der Waals surface area contributed by atoms with Gasteiger partial charge in [-0.2, -0.15) is 0 Å². The van der Waals surface area contributed by atoms with Gasteiger partial charge in [-0.1, -0.05) is 30.1 Å². The van der Waals surface area contributed by atoms with Crippen molar-refractivity contribution in [2.24, 2.45) is 0 Å². The third kappa shape index (κ3) is 2.43. The van der Waals surface area contributed by atoms with Gasteiger partial charge in [0.05, 0.1) is 0 Å². The highest BCUT2D eigenvalue weighted by atomic mass is 35.5. The van der Waals surface area contributed by atoms with E-state index in [-0.39, 0.29) is 0 Å². The second-order valence-electron chi connectivity index (χ2n) is 5.59. The molecule has 2 aromatic carbocycles. The Labute approximate surface area is 144 Å². The van der Waals surface area contributed by atoms with Crippen LogP contribution in [0.4, 0.5) is 0 Å². The molecule has 2 aliphatic rings.